The molecule has 0 radical (unpaired) electrons. The quantitative estimate of drug-likeness (QED) is 0.592. The van der Waals surface area contributed by atoms with Crippen LogP contribution in [-0.2, 0) is 10.3 Å². The molecule has 9 heteroatoms. The summed E-state index contributed by atoms with van der Waals surface area (Å²) in [5.74, 6) is 0.660. The minimum absolute atomic E-state index is 0.0235. The van der Waals surface area contributed by atoms with E-state index >= 15 is 0 Å². The van der Waals surface area contributed by atoms with Crippen LogP contribution in [0.25, 0.3) is 11.0 Å². The molecule has 3 heterocycles. The molecule has 1 atom stereocenters. The minimum Gasteiger partial charge on any atom is -0.356 e. The first-order chi connectivity index (χ1) is 12.7. The van der Waals surface area contributed by atoms with Gasteiger partial charge in [-0.05, 0) is 47.8 Å². The summed E-state index contributed by atoms with van der Waals surface area (Å²) >= 11 is 1.53. The van der Waals surface area contributed by atoms with Crippen LogP contribution in [0, 0.1) is 0 Å². The molecule has 3 rings (SSSR count). The predicted molar refractivity (Wildman–Crippen MR) is 107 cm³/mol. The summed E-state index contributed by atoms with van der Waals surface area (Å²) in [5.41, 5.74) is 0.246. The van der Waals surface area contributed by atoms with Gasteiger partial charge in [0, 0.05) is 18.7 Å². The number of rotatable bonds is 6. The number of thioether (sulfide) groups is 1. The predicted octanol–water partition coefficient (Wildman–Crippen LogP) is 1.45. The maximum absolute atomic E-state index is 13.0. The third-order valence-electron chi connectivity index (χ3n) is 4.53. The average Bonchev–Trinajstić information content (AvgIpc) is 3.16. The van der Waals surface area contributed by atoms with E-state index in [0.717, 1.165) is 13.0 Å². The van der Waals surface area contributed by atoms with Crippen molar-refractivity contribution in [3.63, 3.8) is 0 Å². The highest BCUT2D eigenvalue weighted by Crippen LogP contribution is 2.33. The Morgan fingerprint density at radius 2 is 2.15 bits per heavy atom. The Hall–Kier alpha value is -1.87. The SMILES string of the molecule is CN(C)CCCNC(=O)CC1CSc2nc3c(cnn3C(C)(C)C)c(=O)n21. The van der Waals surface area contributed by atoms with E-state index in [-0.39, 0.29) is 23.0 Å². The third kappa shape index (κ3) is 4.19. The van der Waals surface area contributed by atoms with E-state index in [1.54, 1.807) is 15.4 Å². The Morgan fingerprint density at radius 1 is 1.41 bits per heavy atom. The van der Waals surface area contributed by atoms with E-state index in [0.29, 0.717) is 34.9 Å². The number of fused-ring (bicyclic) bond motifs is 2. The van der Waals surface area contributed by atoms with Gasteiger partial charge in [0.2, 0.25) is 5.91 Å². The highest BCUT2D eigenvalue weighted by Gasteiger charge is 2.30. The number of nitrogens with zero attached hydrogens (tertiary/aromatic N) is 5. The molecular weight excluding hydrogens is 364 g/mol. The number of carbonyl (C=O) groups is 1. The first-order valence-electron chi connectivity index (χ1n) is 9.23. The van der Waals surface area contributed by atoms with Gasteiger partial charge >= 0.3 is 0 Å². The number of hydrogen-bond acceptors (Lipinski definition) is 6. The lowest BCUT2D eigenvalue weighted by Crippen LogP contribution is -2.32. The molecular formula is C18H28N6O2S. The molecule has 0 spiro atoms. The second-order valence-corrected chi connectivity index (χ2v) is 9.20. The van der Waals surface area contributed by atoms with Crippen LogP contribution in [0.2, 0.25) is 0 Å². The summed E-state index contributed by atoms with van der Waals surface area (Å²) < 4.78 is 3.46. The van der Waals surface area contributed by atoms with Gasteiger partial charge in [-0.2, -0.15) is 5.10 Å². The maximum atomic E-state index is 13.0. The smallest absolute Gasteiger partial charge is 0.265 e. The molecule has 2 aromatic rings. The number of amides is 1. The van der Waals surface area contributed by atoms with Gasteiger partial charge in [-0.15, -0.1) is 0 Å². The zero-order valence-corrected chi connectivity index (χ0v) is 17.5. The van der Waals surface area contributed by atoms with Gasteiger partial charge in [-0.25, -0.2) is 9.67 Å². The minimum atomic E-state index is -0.255. The summed E-state index contributed by atoms with van der Waals surface area (Å²) in [5, 5.41) is 8.49. The average molecular weight is 393 g/mol. The Bertz CT molecular complexity index is 896. The summed E-state index contributed by atoms with van der Waals surface area (Å²) in [6, 6.07) is -0.166. The molecule has 2 aromatic heterocycles. The molecule has 1 amide bonds. The first kappa shape index (κ1) is 19.9. The van der Waals surface area contributed by atoms with Gasteiger partial charge in [0.05, 0.1) is 17.8 Å². The summed E-state index contributed by atoms with van der Waals surface area (Å²) in [4.78, 5) is 32.1. The van der Waals surface area contributed by atoms with E-state index in [9.17, 15) is 9.59 Å². The highest BCUT2D eigenvalue weighted by atomic mass is 32.2. The van der Waals surface area contributed by atoms with Crippen LogP contribution in [-0.4, -0.2) is 63.1 Å². The molecule has 1 unspecified atom stereocenters. The molecule has 1 N–H and O–H groups in total. The van der Waals surface area contributed by atoms with Crippen molar-refractivity contribution >= 4 is 28.7 Å². The van der Waals surface area contributed by atoms with Crippen molar-refractivity contribution in [1.29, 1.82) is 0 Å². The van der Waals surface area contributed by atoms with Crippen molar-refractivity contribution in [1.82, 2.24) is 29.5 Å². The molecule has 0 aromatic carbocycles. The van der Waals surface area contributed by atoms with Crippen molar-refractivity contribution < 1.29 is 4.79 Å². The lowest BCUT2D eigenvalue weighted by atomic mass is 10.1. The molecule has 0 saturated carbocycles. The van der Waals surface area contributed by atoms with Gasteiger partial charge in [0.25, 0.3) is 5.56 Å². The summed E-state index contributed by atoms with van der Waals surface area (Å²) in [7, 11) is 4.02. The van der Waals surface area contributed by atoms with E-state index in [1.807, 2.05) is 34.9 Å². The Kier molecular flexibility index (Phi) is 5.62. The Labute approximate surface area is 163 Å². The second-order valence-electron chi connectivity index (χ2n) is 8.21. The topological polar surface area (TPSA) is 85.1 Å². The van der Waals surface area contributed by atoms with Crippen molar-refractivity contribution in [2.45, 2.75) is 50.4 Å². The molecule has 148 valence electrons. The van der Waals surface area contributed by atoms with Crippen LogP contribution in [0.3, 0.4) is 0 Å². The van der Waals surface area contributed by atoms with E-state index in [1.165, 1.54) is 11.8 Å². The number of aromatic nitrogens is 4. The molecule has 1 aliphatic rings. The summed E-state index contributed by atoms with van der Waals surface area (Å²) in [6.07, 6.45) is 2.79. The number of carbonyl (C=O) groups excluding carboxylic acids is 1. The first-order valence-corrected chi connectivity index (χ1v) is 10.2. The zero-order valence-electron chi connectivity index (χ0n) is 16.7. The molecule has 8 nitrogen and oxygen atoms in total. The zero-order chi connectivity index (χ0) is 19.8. The van der Waals surface area contributed by atoms with Gasteiger partial charge in [-0.3, -0.25) is 14.2 Å². The lowest BCUT2D eigenvalue weighted by molar-refractivity contribution is -0.121. The molecule has 0 fully saturated rings. The standard InChI is InChI=1S/C18H28N6O2S/c1-18(2,3)24-15-13(10-20-24)16(26)23-12(11-27-17(23)21-15)9-14(25)19-7-6-8-22(4)5/h10,12H,6-9,11H2,1-5H3,(H,19,25). The van der Waals surface area contributed by atoms with E-state index < -0.39 is 0 Å². The largest absolute Gasteiger partial charge is 0.356 e. The molecule has 27 heavy (non-hydrogen) atoms. The fourth-order valence-electron chi connectivity index (χ4n) is 3.18. The third-order valence-corrected chi connectivity index (χ3v) is 5.63. The van der Waals surface area contributed by atoms with Crippen molar-refractivity contribution in [2.75, 3.05) is 32.9 Å². The van der Waals surface area contributed by atoms with E-state index in [4.69, 9.17) is 0 Å². The van der Waals surface area contributed by atoms with Crippen molar-refractivity contribution in [3.05, 3.63) is 16.6 Å². The molecule has 1 aliphatic heterocycles. The van der Waals surface area contributed by atoms with Crippen LogP contribution in [0.1, 0.15) is 39.7 Å². The van der Waals surface area contributed by atoms with Crippen LogP contribution in [0.5, 0.6) is 0 Å². The van der Waals surface area contributed by atoms with E-state index in [2.05, 4.69) is 20.3 Å². The van der Waals surface area contributed by atoms with Gasteiger partial charge in [-0.1, -0.05) is 11.8 Å². The molecule has 0 saturated heterocycles. The fraction of sp³-hybridized carbons (Fsp3) is 0.667. The monoisotopic (exact) mass is 392 g/mol. The van der Waals surface area contributed by atoms with Gasteiger partial charge in [0.15, 0.2) is 10.8 Å². The molecule has 0 bridgehead atoms. The van der Waals surface area contributed by atoms with Crippen molar-refractivity contribution in [2.24, 2.45) is 0 Å². The van der Waals surface area contributed by atoms with Crippen LogP contribution >= 0.6 is 11.8 Å². The van der Waals surface area contributed by atoms with Gasteiger partial charge in [0.1, 0.15) is 5.39 Å². The normalized spacial score (nSPS) is 16.9. The molecule has 0 aliphatic carbocycles. The summed E-state index contributed by atoms with van der Waals surface area (Å²) in [6.45, 7) is 7.67. The van der Waals surface area contributed by atoms with Crippen molar-refractivity contribution in [3.8, 4) is 0 Å². The fourth-order valence-corrected chi connectivity index (χ4v) is 4.31. The maximum Gasteiger partial charge on any atom is 0.265 e. The Balaban J connectivity index is 1.77. The van der Waals surface area contributed by atoms with Crippen LogP contribution in [0.4, 0.5) is 0 Å². The van der Waals surface area contributed by atoms with Crippen LogP contribution < -0.4 is 10.9 Å². The number of nitrogens with one attached hydrogen (secondary N) is 1. The second kappa shape index (κ2) is 7.63. The van der Waals surface area contributed by atoms with Crippen LogP contribution in [0.15, 0.2) is 16.1 Å². The lowest BCUT2D eigenvalue weighted by Gasteiger charge is -2.20. The number of hydrogen-bond donors (Lipinski definition) is 1. The Morgan fingerprint density at radius 3 is 2.81 bits per heavy atom. The highest BCUT2D eigenvalue weighted by molar-refractivity contribution is 7.99. The van der Waals surface area contributed by atoms with Gasteiger partial charge < -0.3 is 10.2 Å².